The number of nitrogens with one attached hydrogen (secondary N) is 1. The molecule has 0 bridgehead atoms. The first-order valence-electron chi connectivity index (χ1n) is 5.84. The highest BCUT2D eigenvalue weighted by atomic mass is 35.5. The van der Waals surface area contributed by atoms with Crippen LogP contribution in [0, 0.1) is 11.3 Å². The van der Waals surface area contributed by atoms with Crippen LogP contribution < -0.4 is 10.9 Å². The van der Waals surface area contributed by atoms with E-state index in [-0.39, 0.29) is 18.7 Å². The maximum atomic E-state index is 11.8. The van der Waals surface area contributed by atoms with Gasteiger partial charge in [-0.3, -0.25) is 0 Å². The van der Waals surface area contributed by atoms with Crippen molar-refractivity contribution in [2.45, 2.75) is 0 Å². The monoisotopic (exact) mass is 290 g/mol. The van der Waals surface area contributed by atoms with Gasteiger partial charge in [-0.1, -0.05) is 11.6 Å². The van der Waals surface area contributed by atoms with Gasteiger partial charge in [-0.05, 0) is 24.3 Å². The lowest BCUT2D eigenvalue weighted by molar-refractivity contribution is 0.311. The molecule has 1 heterocycles. The van der Waals surface area contributed by atoms with E-state index in [9.17, 15) is 4.79 Å². The maximum Gasteiger partial charge on any atom is 0.356 e. The lowest BCUT2D eigenvalue weighted by Gasteiger charge is -2.08. The van der Waals surface area contributed by atoms with Crippen LogP contribution in [0.4, 0.5) is 5.69 Å². The van der Waals surface area contributed by atoms with Gasteiger partial charge in [0.25, 0.3) is 0 Å². The molecule has 2 rings (SSSR count). The number of benzene rings is 1. The highest BCUT2D eigenvalue weighted by Gasteiger charge is 2.12. The standard InChI is InChI=1S/C14H11ClN2O3/c15-10-3-1-9(2-4-10)13-7-12(17-5-6-18)11(8-16)14(19)20-13/h1-4,7,17-18H,5-6H2. The van der Waals surface area contributed by atoms with E-state index in [1.807, 2.05) is 0 Å². The highest BCUT2D eigenvalue weighted by molar-refractivity contribution is 6.30. The number of aliphatic hydroxyl groups is 1. The quantitative estimate of drug-likeness (QED) is 0.902. The number of hydrogen-bond acceptors (Lipinski definition) is 5. The number of nitriles is 1. The van der Waals surface area contributed by atoms with Crippen molar-refractivity contribution >= 4 is 17.3 Å². The summed E-state index contributed by atoms with van der Waals surface area (Å²) in [6.07, 6.45) is 0. The van der Waals surface area contributed by atoms with Gasteiger partial charge in [0.2, 0.25) is 0 Å². The summed E-state index contributed by atoms with van der Waals surface area (Å²) in [5.74, 6) is 0.325. The van der Waals surface area contributed by atoms with Crippen LogP contribution in [0.1, 0.15) is 5.56 Å². The lowest BCUT2D eigenvalue weighted by Crippen LogP contribution is -2.13. The molecule has 0 fully saturated rings. The minimum Gasteiger partial charge on any atom is -0.422 e. The van der Waals surface area contributed by atoms with E-state index < -0.39 is 5.63 Å². The summed E-state index contributed by atoms with van der Waals surface area (Å²) in [6.45, 7) is 0.125. The fraction of sp³-hybridized carbons (Fsp3) is 0.143. The van der Waals surface area contributed by atoms with Crippen molar-refractivity contribution in [1.29, 1.82) is 5.26 Å². The Morgan fingerprint density at radius 2 is 2.05 bits per heavy atom. The molecule has 0 atom stereocenters. The van der Waals surface area contributed by atoms with Gasteiger partial charge < -0.3 is 14.8 Å². The second-order valence-corrected chi connectivity index (χ2v) is 4.39. The molecule has 2 N–H and O–H groups in total. The third-order valence-corrected chi connectivity index (χ3v) is 2.87. The summed E-state index contributed by atoms with van der Waals surface area (Å²) in [5, 5.41) is 21.2. The third kappa shape index (κ3) is 2.99. The molecule has 0 spiro atoms. The Morgan fingerprint density at radius 3 is 2.65 bits per heavy atom. The zero-order valence-electron chi connectivity index (χ0n) is 10.4. The molecule has 5 nitrogen and oxygen atoms in total. The van der Waals surface area contributed by atoms with Gasteiger partial charge in [0.1, 0.15) is 11.8 Å². The minimum absolute atomic E-state index is 0.110. The fourth-order valence-electron chi connectivity index (χ4n) is 1.69. The summed E-state index contributed by atoms with van der Waals surface area (Å²) in [4.78, 5) is 11.8. The molecule has 0 radical (unpaired) electrons. The highest BCUT2D eigenvalue weighted by Crippen LogP contribution is 2.24. The molecule has 0 amide bonds. The van der Waals surface area contributed by atoms with E-state index in [1.165, 1.54) is 0 Å². The predicted molar refractivity (Wildman–Crippen MR) is 75.7 cm³/mol. The molecule has 0 aliphatic carbocycles. The summed E-state index contributed by atoms with van der Waals surface area (Å²) in [6, 6.07) is 10.1. The predicted octanol–water partition coefficient (Wildman–Crippen LogP) is 2.24. The summed E-state index contributed by atoms with van der Waals surface area (Å²) < 4.78 is 5.12. The number of nitrogens with zero attached hydrogens (tertiary/aromatic N) is 1. The molecule has 20 heavy (non-hydrogen) atoms. The Morgan fingerprint density at radius 1 is 1.35 bits per heavy atom. The second kappa shape index (κ2) is 6.24. The number of halogens is 1. The van der Waals surface area contributed by atoms with Crippen molar-refractivity contribution in [3.8, 4) is 17.4 Å². The Hall–Kier alpha value is -2.29. The average Bonchev–Trinajstić information content (AvgIpc) is 2.45. The van der Waals surface area contributed by atoms with Crippen LogP contribution >= 0.6 is 11.6 Å². The van der Waals surface area contributed by atoms with Gasteiger partial charge in [0, 0.05) is 23.2 Å². The number of anilines is 1. The average molecular weight is 291 g/mol. The van der Waals surface area contributed by atoms with Gasteiger partial charge in [0.05, 0.1) is 12.3 Å². The normalized spacial score (nSPS) is 10.1. The first-order chi connectivity index (χ1) is 9.65. The van der Waals surface area contributed by atoms with Crippen molar-refractivity contribution in [1.82, 2.24) is 0 Å². The number of hydrogen-bond donors (Lipinski definition) is 2. The van der Waals surface area contributed by atoms with E-state index in [1.54, 1.807) is 36.4 Å². The van der Waals surface area contributed by atoms with Crippen molar-refractivity contribution < 1.29 is 9.52 Å². The lowest BCUT2D eigenvalue weighted by atomic mass is 10.1. The Balaban J connectivity index is 2.50. The van der Waals surface area contributed by atoms with Crippen molar-refractivity contribution in [3.63, 3.8) is 0 Å². The van der Waals surface area contributed by atoms with Crippen molar-refractivity contribution in [3.05, 3.63) is 51.3 Å². The first-order valence-corrected chi connectivity index (χ1v) is 6.22. The van der Waals surface area contributed by atoms with E-state index in [0.29, 0.717) is 22.0 Å². The van der Waals surface area contributed by atoms with E-state index in [4.69, 9.17) is 26.4 Å². The first kappa shape index (κ1) is 14.1. The van der Waals surface area contributed by atoms with Crippen molar-refractivity contribution in [2.24, 2.45) is 0 Å². The fourth-order valence-corrected chi connectivity index (χ4v) is 1.81. The Bertz CT molecular complexity index is 702. The van der Waals surface area contributed by atoms with Gasteiger partial charge in [0.15, 0.2) is 5.56 Å². The molecule has 0 unspecified atom stereocenters. The van der Waals surface area contributed by atoms with Gasteiger partial charge >= 0.3 is 5.63 Å². The van der Waals surface area contributed by atoms with E-state index >= 15 is 0 Å². The molecule has 0 aliphatic rings. The molecular weight excluding hydrogens is 280 g/mol. The van der Waals surface area contributed by atoms with Crippen LogP contribution in [0.2, 0.25) is 5.02 Å². The zero-order valence-corrected chi connectivity index (χ0v) is 11.1. The minimum atomic E-state index is -0.722. The SMILES string of the molecule is N#Cc1c(NCCO)cc(-c2ccc(Cl)cc2)oc1=O. The van der Waals surface area contributed by atoms with Crippen LogP contribution in [0.5, 0.6) is 0 Å². The molecule has 1 aromatic heterocycles. The second-order valence-electron chi connectivity index (χ2n) is 3.96. The molecule has 6 heteroatoms. The van der Waals surface area contributed by atoms with Crippen molar-refractivity contribution in [2.75, 3.05) is 18.5 Å². The van der Waals surface area contributed by atoms with Gasteiger partial charge in [-0.2, -0.15) is 5.26 Å². The smallest absolute Gasteiger partial charge is 0.356 e. The van der Waals surface area contributed by atoms with Crippen LogP contribution in [0.25, 0.3) is 11.3 Å². The zero-order chi connectivity index (χ0) is 14.5. The maximum absolute atomic E-state index is 11.8. The summed E-state index contributed by atoms with van der Waals surface area (Å²) in [7, 11) is 0. The summed E-state index contributed by atoms with van der Waals surface area (Å²) >= 11 is 5.80. The molecule has 0 aliphatic heterocycles. The van der Waals surface area contributed by atoms with Crippen LogP contribution in [0.15, 0.2) is 39.5 Å². The molecule has 102 valence electrons. The molecule has 1 aromatic carbocycles. The third-order valence-electron chi connectivity index (χ3n) is 2.62. The number of rotatable bonds is 4. The van der Waals surface area contributed by atoms with Crippen LogP contribution in [0.3, 0.4) is 0 Å². The topological polar surface area (TPSA) is 86.3 Å². The molecular formula is C14H11ClN2O3. The van der Waals surface area contributed by atoms with Gasteiger partial charge in [-0.25, -0.2) is 4.79 Å². The van der Waals surface area contributed by atoms with E-state index in [0.717, 1.165) is 0 Å². The van der Waals surface area contributed by atoms with Gasteiger partial charge in [-0.15, -0.1) is 0 Å². The Labute approximate surface area is 120 Å². The number of aliphatic hydroxyl groups excluding tert-OH is 1. The molecule has 2 aromatic rings. The van der Waals surface area contributed by atoms with Crippen LogP contribution in [-0.4, -0.2) is 18.3 Å². The van der Waals surface area contributed by atoms with E-state index in [2.05, 4.69) is 5.32 Å². The summed E-state index contributed by atoms with van der Waals surface area (Å²) in [5.41, 5.74) is 0.169. The van der Waals surface area contributed by atoms with Crippen LogP contribution in [-0.2, 0) is 0 Å². The Kier molecular flexibility index (Phi) is 4.41. The largest absolute Gasteiger partial charge is 0.422 e. The molecule has 0 saturated heterocycles. The molecule has 0 saturated carbocycles.